The van der Waals surface area contributed by atoms with Crippen molar-refractivity contribution in [2.75, 3.05) is 12.8 Å². The minimum Gasteiger partial charge on any atom is -0.494 e. The number of carbonyl (C=O) groups is 1. The van der Waals surface area contributed by atoms with Gasteiger partial charge in [-0.3, -0.25) is 4.79 Å². The molecule has 1 aliphatic rings. The Labute approximate surface area is 167 Å². The number of aromatic carboxylic acids is 1. The number of nitrogens with two attached hydrogens (primary N) is 1. The zero-order valence-electron chi connectivity index (χ0n) is 14.9. The van der Waals surface area contributed by atoms with E-state index in [1.54, 1.807) is 0 Å². The fraction of sp³-hybridized carbons (Fsp3) is 0.211. The van der Waals surface area contributed by atoms with Crippen molar-refractivity contribution in [3.05, 3.63) is 51.2 Å². The number of anilines is 1. The number of ether oxygens (including phenoxy) is 1. The number of carboxylic acid groups (broad SMARTS) is 1. The number of benzene rings is 1. The van der Waals surface area contributed by atoms with Crippen LogP contribution < -0.4 is 15.9 Å². The van der Waals surface area contributed by atoms with Gasteiger partial charge >= 0.3 is 5.97 Å². The van der Waals surface area contributed by atoms with E-state index in [2.05, 4.69) is 4.98 Å². The van der Waals surface area contributed by atoms with Gasteiger partial charge in [0.2, 0.25) is 5.43 Å². The Morgan fingerprint density at radius 2 is 2.14 bits per heavy atom. The molecule has 4 rings (SSSR count). The van der Waals surface area contributed by atoms with Crippen molar-refractivity contribution >= 4 is 34.3 Å². The lowest BCUT2D eigenvalue weighted by Crippen LogP contribution is -2.20. The van der Waals surface area contributed by atoms with E-state index in [0.717, 1.165) is 12.3 Å². The maximum atomic E-state index is 15.1. The van der Waals surface area contributed by atoms with E-state index in [-0.39, 0.29) is 45.0 Å². The summed E-state index contributed by atoms with van der Waals surface area (Å²) in [5.74, 6) is -2.34. The molecule has 3 aromatic rings. The lowest BCUT2D eigenvalue weighted by molar-refractivity contribution is 0.0694. The van der Waals surface area contributed by atoms with Crippen LogP contribution in [-0.4, -0.2) is 33.9 Å². The number of pyridine rings is 2. The molecule has 29 heavy (non-hydrogen) atoms. The second-order valence-electron chi connectivity index (χ2n) is 6.66. The molecule has 0 radical (unpaired) electrons. The van der Waals surface area contributed by atoms with Crippen LogP contribution in [0.2, 0.25) is 5.02 Å². The first-order valence-electron chi connectivity index (χ1n) is 8.48. The Bertz CT molecular complexity index is 1240. The van der Waals surface area contributed by atoms with Gasteiger partial charge in [-0.05, 0) is 12.1 Å². The summed E-state index contributed by atoms with van der Waals surface area (Å²) in [6.45, 7) is 0. The number of aromatic nitrogens is 2. The first-order chi connectivity index (χ1) is 13.7. The van der Waals surface area contributed by atoms with Crippen molar-refractivity contribution in [3.63, 3.8) is 0 Å². The van der Waals surface area contributed by atoms with Crippen molar-refractivity contribution in [2.45, 2.75) is 18.6 Å². The van der Waals surface area contributed by atoms with Crippen molar-refractivity contribution < 1.29 is 23.4 Å². The summed E-state index contributed by atoms with van der Waals surface area (Å²) in [5, 5.41) is 9.20. The molecular weight excluding hydrogens is 408 g/mol. The standard InChI is InChI=1S/C19H14ClF2N3O4/c1-29-17-14(7-2-10(20)18(23)24-5-7)12(22)3-8-15(17)25(13-4-11(13)21)6-9(16(8)26)19(27)28/h2-3,5-6,11,13H,4H2,1H3,(H2,23,24)(H,27,28)/t11-,13+/m0/s1. The topological polar surface area (TPSA) is 107 Å². The first kappa shape index (κ1) is 19.1. The molecular formula is C19H14ClF2N3O4. The van der Waals surface area contributed by atoms with Gasteiger partial charge in [0.15, 0.2) is 5.75 Å². The Hall–Kier alpha value is -3.20. The number of methoxy groups -OCH3 is 1. The predicted octanol–water partition coefficient (Wildman–Crippen LogP) is 3.43. The summed E-state index contributed by atoms with van der Waals surface area (Å²) >= 11 is 6.00. The number of carboxylic acids is 1. The van der Waals surface area contributed by atoms with Crippen LogP contribution in [-0.2, 0) is 0 Å². The SMILES string of the molecule is COc1c(-c2cnc(N)c(Cl)c2)c(F)cc2c(=O)c(C(=O)O)cn([C@@H]3C[C@@H]3F)c12. The van der Waals surface area contributed by atoms with E-state index in [0.29, 0.717) is 0 Å². The minimum atomic E-state index is -1.49. The quantitative estimate of drug-likeness (QED) is 0.668. The van der Waals surface area contributed by atoms with Crippen molar-refractivity contribution in [2.24, 2.45) is 0 Å². The molecule has 7 nitrogen and oxygen atoms in total. The number of halogens is 3. The lowest BCUT2D eigenvalue weighted by atomic mass is 10.0. The van der Waals surface area contributed by atoms with Crippen molar-refractivity contribution in [1.29, 1.82) is 0 Å². The molecule has 150 valence electrons. The average Bonchev–Trinajstić information content (AvgIpc) is 3.40. The monoisotopic (exact) mass is 421 g/mol. The van der Waals surface area contributed by atoms with E-state index in [4.69, 9.17) is 22.1 Å². The molecule has 2 atom stereocenters. The largest absolute Gasteiger partial charge is 0.494 e. The Balaban J connectivity index is 2.14. The molecule has 0 saturated heterocycles. The van der Waals surface area contributed by atoms with Crippen LogP contribution >= 0.6 is 11.6 Å². The Morgan fingerprint density at radius 3 is 2.69 bits per heavy atom. The summed E-state index contributed by atoms with van der Waals surface area (Å²) in [6.07, 6.45) is 1.28. The molecule has 0 unspecified atom stereocenters. The third-order valence-electron chi connectivity index (χ3n) is 4.85. The normalized spacial score (nSPS) is 18.1. The molecule has 0 bridgehead atoms. The number of rotatable bonds is 4. The number of alkyl halides is 1. The molecule has 10 heteroatoms. The molecule has 1 aromatic carbocycles. The summed E-state index contributed by atoms with van der Waals surface area (Å²) in [4.78, 5) is 28.0. The van der Waals surface area contributed by atoms with Gasteiger partial charge in [0.1, 0.15) is 23.4 Å². The number of hydrogen-bond donors (Lipinski definition) is 2. The molecule has 1 saturated carbocycles. The van der Waals surface area contributed by atoms with Gasteiger partial charge in [-0.1, -0.05) is 11.6 Å². The van der Waals surface area contributed by atoms with Crippen LogP contribution in [0.25, 0.3) is 22.0 Å². The van der Waals surface area contributed by atoms with E-state index in [1.165, 1.54) is 23.9 Å². The number of nitrogens with zero attached hydrogens (tertiary/aromatic N) is 2. The molecule has 0 amide bonds. The fourth-order valence-corrected chi connectivity index (χ4v) is 3.53. The predicted molar refractivity (Wildman–Crippen MR) is 103 cm³/mol. The maximum absolute atomic E-state index is 15.1. The van der Waals surface area contributed by atoms with Gasteiger partial charge in [0, 0.05) is 24.4 Å². The maximum Gasteiger partial charge on any atom is 0.341 e. The molecule has 2 aromatic heterocycles. The highest BCUT2D eigenvalue weighted by Gasteiger charge is 2.41. The summed E-state index contributed by atoms with van der Waals surface area (Å²) in [5.41, 5.74) is 4.41. The van der Waals surface area contributed by atoms with Gasteiger partial charge in [-0.25, -0.2) is 18.6 Å². The van der Waals surface area contributed by atoms with E-state index in [1.807, 2.05) is 0 Å². The zero-order chi connectivity index (χ0) is 21.0. The second kappa shape index (κ2) is 6.70. The van der Waals surface area contributed by atoms with Crippen LogP contribution in [0, 0.1) is 5.82 Å². The van der Waals surface area contributed by atoms with Gasteiger partial charge in [0.25, 0.3) is 0 Å². The third kappa shape index (κ3) is 2.98. The van der Waals surface area contributed by atoms with Gasteiger partial charge in [-0.15, -0.1) is 0 Å². The third-order valence-corrected chi connectivity index (χ3v) is 5.16. The highest BCUT2D eigenvalue weighted by atomic mass is 35.5. The summed E-state index contributed by atoms with van der Waals surface area (Å²) in [6, 6.07) is 1.62. The molecule has 3 N–H and O–H groups in total. The van der Waals surface area contributed by atoms with Crippen molar-refractivity contribution in [1.82, 2.24) is 9.55 Å². The smallest absolute Gasteiger partial charge is 0.341 e. The minimum absolute atomic E-state index is 0.0526. The van der Waals surface area contributed by atoms with Crippen LogP contribution in [0.5, 0.6) is 5.75 Å². The lowest BCUT2D eigenvalue weighted by Gasteiger charge is -2.18. The molecule has 1 aliphatic carbocycles. The fourth-order valence-electron chi connectivity index (χ4n) is 3.36. The molecule has 1 fully saturated rings. The molecule has 0 aliphatic heterocycles. The van der Waals surface area contributed by atoms with Crippen LogP contribution in [0.1, 0.15) is 22.8 Å². The first-order valence-corrected chi connectivity index (χ1v) is 8.86. The van der Waals surface area contributed by atoms with E-state index >= 15 is 4.39 Å². The second-order valence-corrected chi connectivity index (χ2v) is 7.06. The summed E-state index contributed by atoms with van der Waals surface area (Å²) < 4.78 is 35.6. The van der Waals surface area contributed by atoms with E-state index < -0.39 is 35.0 Å². The number of hydrogen-bond acceptors (Lipinski definition) is 5. The highest BCUT2D eigenvalue weighted by Crippen LogP contribution is 2.45. The highest BCUT2D eigenvalue weighted by molar-refractivity contribution is 6.33. The van der Waals surface area contributed by atoms with Crippen LogP contribution in [0.15, 0.2) is 29.3 Å². The van der Waals surface area contributed by atoms with Gasteiger partial charge in [0.05, 0.1) is 34.6 Å². The zero-order valence-corrected chi connectivity index (χ0v) is 15.7. The van der Waals surface area contributed by atoms with Crippen LogP contribution in [0.3, 0.4) is 0 Å². The van der Waals surface area contributed by atoms with Crippen molar-refractivity contribution in [3.8, 4) is 16.9 Å². The molecule has 2 heterocycles. The molecule has 0 spiro atoms. The number of nitrogen functional groups attached to an aromatic ring is 1. The average molecular weight is 422 g/mol. The van der Waals surface area contributed by atoms with Crippen LogP contribution in [0.4, 0.5) is 14.6 Å². The summed E-state index contributed by atoms with van der Waals surface area (Å²) in [7, 11) is 1.27. The van der Waals surface area contributed by atoms with Gasteiger partial charge in [-0.2, -0.15) is 0 Å². The Morgan fingerprint density at radius 1 is 1.45 bits per heavy atom. The van der Waals surface area contributed by atoms with E-state index in [9.17, 15) is 19.1 Å². The Kier molecular flexibility index (Phi) is 4.42. The number of fused-ring (bicyclic) bond motifs is 1. The van der Waals surface area contributed by atoms with Gasteiger partial charge < -0.3 is 20.1 Å².